The lowest BCUT2D eigenvalue weighted by atomic mass is 10.0. The predicted molar refractivity (Wildman–Crippen MR) is 74.1 cm³/mol. The molecule has 0 spiro atoms. The maximum absolute atomic E-state index is 12.3. The minimum absolute atomic E-state index is 0.254. The lowest BCUT2D eigenvalue weighted by Crippen LogP contribution is -2.18. The Morgan fingerprint density at radius 3 is 2.33 bits per heavy atom. The number of halogens is 1. The van der Waals surface area contributed by atoms with E-state index in [4.69, 9.17) is 0 Å². The quantitative estimate of drug-likeness (QED) is 0.887. The molecule has 2 bridgehead atoms. The summed E-state index contributed by atoms with van der Waals surface area (Å²) < 4.78 is 1.04. The number of carbonyl (C=O) groups excluding carboxylic acids is 1. The van der Waals surface area contributed by atoms with Gasteiger partial charge in [0.05, 0.1) is 0 Å². The fraction of sp³-hybridized carbons (Fsp3) is 0.533. The highest BCUT2D eigenvalue weighted by molar-refractivity contribution is 9.10. The maximum atomic E-state index is 12.3. The summed E-state index contributed by atoms with van der Waals surface area (Å²) in [5.41, 5.74) is 0.917. The van der Waals surface area contributed by atoms with Gasteiger partial charge in [0.1, 0.15) is 0 Å². The van der Waals surface area contributed by atoms with Gasteiger partial charge in [0.25, 0.3) is 0 Å². The van der Waals surface area contributed by atoms with E-state index in [0.29, 0.717) is 5.92 Å². The SMILES string of the molecule is O=C(Nc1ccc(Br)cc1)C1[C@@H]2[C@@H]3CC[C@H](C3)[C@@H]12. The third kappa shape index (κ3) is 1.56. The minimum Gasteiger partial charge on any atom is -0.326 e. The molecule has 4 rings (SSSR count). The molecule has 2 nitrogen and oxygen atoms in total. The first-order chi connectivity index (χ1) is 8.74. The van der Waals surface area contributed by atoms with Gasteiger partial charge in [0.2, 0.25) is 5.91 Å². The smallest absolute Gasteiger partial charge is 0.228 e. The number of hydrogen-bond donors (Lipinski definition) is 1. The van der Waals surface area contributed by atoms with E-state index in [1.807, 2.05) is 24.3 Å². The summed E-state index contributed by atoms with van der Waals surface area (Å²) in [4.78, 5) is 12.3. The van der Waals surface area contributed by atoms with Crippen molar-refractivity contribution < 1.29 is 4.79 Å². The normalized spacial score (nSPS) is 39.5. The lowest BCUT2D eigenvalue weighted by Gasteiger charge is -2.09. The van der Waals surface area contributed by atoms with Crippen molar-refractivity contribution in [2.24, 2.45) is 29.6 Å². The number of fused-ring (bicyclic) bond motifs is 5. The number of anilines is 1. The molecule has 0 heterocycles. The maximum Gasteiger partial charge on any atom is 0.228 e. The van der Waals surface area contributed by atoms with E-state index < -0.39 is 0 Å². The molecule has 3 heteroatoms. The van der Waals surface area contributed by atoms with Crippen molar-refractivity contribution in [3.63, 3.8) is 0 Å². The summed E-state index contributed by atoms with van der Waals surface area (Å²) in [6.07, 6.45) is 4.14. The molecule has 0 unspecified atom stereocenters. The Labute approximate surface area is 115 Å². The second-order valence-corrected chi connectivity index (χ2v) is 6.93. The van der Waals surface area contributed by atoms with Crippen LogP contribution in [0.3, 0.4) is 0 Å². The molecule has 0 radical (unpaired) electrons. The average molecular weight is 306 g/mol. The molecule has 3 saturated carbocycles. The Bertz CT molecular complexity index is 482. The molecule has 0 aliphatic heterocycles. The minimum atomic E-state index is 0.254. The zero-order valence-electron chi connectivity index (χ0n) is 10.1. The van der Waals surface area contributed by atoms with Gasteiger partial charge in [0, 0.05) is 16.1 Å². The van der Waals surface area contributed by atoms with Crippen molar-refractivity contribution in [2.75, 3.05) is 5.32 Å². The van der Waals surface area contributed by atoms with Gasteiger partial charge in [0.15, 0.2) is 0 Å². The summed E-state index contributed by atoms with van der Waals surface area (Å²) in [6.45, 7) is 0. The Kier molecular flexibility index (Phi) is 2.35. The van der Waals surface area contributed by atoms with Gasteiger partial charge in [-0.15, -0.1) is 0 Å². The van der Waals surface area contributed by atoms with Crippen molar-refractivity contribution in [1.29, 1.82) is 0 Å². The first kappa shape index (κ1) is 11.0. The molecule has 3 aliphatic carbocycles. The highest BCUT2D eigenvalue weighted by atomic mass is 79.9. The van der Waals surface area contributed by atoms with Crippen LogP contribution in [-0.4, -0.2) is 5.91 Å². The van der Waals surface area contributed by atoms with Crippen LogP contribution in [0.4, 0.5) is 5.69 Å². The zero-order valence-corrected chi connectivity index (χ0v) is 11.7. The molecule has 1 aromatic carbocycles. The van der Waals surface area contributed by atoms with E-state index in [-0.39, 0.29) is 5.91 Å². The van der Waals surface area contributed by atoms with E-state index in [1.165, 1.54) is 19.3 Å². The highest BCUT2D eigenvalue weighted by Gasteiger charge is 2.67. The standard InChI is InChI=1S/C15H16BrNO/c16-10-3-5-11(6-4-10)17-15(18)14-12-8-1-2-9(7-8)13(12)14/h3-6,8-9,12-14H,1-2,7H2,(H,17,18)/t8-,9-,12-,13-/m1/s1. The number of amides is 1. The van der Waals surface area contributed by atoms with Crippen LogP contribution in [0.2, 0.25) is 0 Å². The van der Waals surface area contributed by atoms with Gasteiger partial charge >= 0.3 is 0 Å². The molecule has 1 aromatic rings. The molecular weight excluding hydrogens is 290 g/mol. The highest BCUT2D eigenvalue weighted by Crippen LogP contribution is 2.69. The van der Waals surface area contributed by atoms with Crippen molar-refractivity contribution in [3.8, 4) is 0 Å². The molecule has 3 fully saturated rings. The Hall–Kier alpha value is -0.830. The number of hydrogen-bond acceptors (Lipinski definition) is 1. The molecule has 1 amide bonds. The van der Waals surface area contributed by atoms with Gasteiger partial charge in [-0.1, -0.05) is 15.9 Å². The average Bonchev–Trinajstić information content (AvgIpc) is 2.82. The molecule has 3 aliphatic rings. The first-order valence-corrected chi connectivity index (χ1v) is 7.60. The van der Waals surface area contributed by atoms with Crippen LogP contribution in [0.15, 0.2) is 28.7 Å². The van der Waals surface area contributed by atoms with Gasteiger partial charge in [-0.25, -0.2) is 0 Å². The van der Waals surface area contributed by atoms with Crippen LogP contribution >= 0.6 is 15.9 Å². The lowest BCUT2D eigenvalue weighted by molar-refractivity contribution is -0.118. The Balaban J connectivity index is 1.45. The topological polar surface area (TPSA) is 29.1 Å². The summed E-state index contributed by atoms with van der Waals surface area (Å²) in [5.74, 6) is 3.74. The van der Waals surface area contributed by atoms with Crippen molar-refractivity contribution in [3.05, 3.63) is 28.7 Å². The Morgan fingerprint density at radius 2 is 1.72 bits per heavy atom. The van der Waals surface area contributed by atoms with Crippen LogP contribution in [-0.2, 0) is 4.79 Å². The van der Waals surface area contributed by atoms with Crippen LogP contribution in [0.25, 0.3) is 0 Å². The van der Waals surface area contributed by atoms with Crippen molar-refractivity contribution in [2.45, 2.75) is 19.3 Å². The van der Waals surface area contributed by atoms with E-state index in [0.717, 1.165) is 33.8 Å². The summed E-state index contributed by atoms with van der Waals surface area (Å²) in [5, 5.41) is 3.07. The van der Waals surface area contributed by atoms with Gasteiger partial charge in [-0.3, -0.25) is 4.79 Å². The monoisotopic (exact) mass is 305 g/mol. The van der Waals surface area contributed by atoms with Crippen molar-refractivity contribution >= 4 is 27.5 Å². The van der Waals surface area contributed by atoms with Gasteiger partial charge in [-0.05, 0) is 67.2 Å². The molecule has 18 heavy (non-hydrogen) atoms. The number of carbonyl (C=O) groups is 1. The van der Waals surface area contributed by atoms with Gasteiger partial charge in [-0.2, -0.15) is 0 Å². The van der Waals surface area contributed by atoms with E-state index in [2.05, 4.69) is 21.2 Å². The zero-order chi connectivity index (χ0) is 12.3. The number of benzene rings is 1. The van der Waals surface area contributed by atoms with Crippen LogP contribution in [0.5, 0.6) is 0 Å². The molecule has 1 N–H and O–H groups in total. The molecule has 94 valence electrons. The fourth-order valence-corrected chi connectivity index (χ4v) is 4.70. The second kappa shape index (κ2) is 3.83. The van der Waals surface area contributed by atoms with Crippen LogP contribution < -0.4 is 5.32 Å². The third-order valence-corrected chi connectivity index (χ3v) is 5.68. The van der Waals surface area contributed by atoms with Crippen LogP contribution in [0.1, 0.15) is 19.3 Å². The molecule has 0 saturated heterocycles. The Morgan fingerprint density at radius 1 is 1.11 bits per heavy atom. The van der Waals surface area contributed by atoms with E-state index >= 15 is 0 Å². The fourth-order valence-electron chi connectivity index (χ4n) is 4.43. The van der Waals surface area contributed by atoms with Gasteiger partial charge < -0.3 is 5.32 Å². The molecule has 4 atom stereocenters. The number of nitrogens with one attached hydrogen (secondary N) is 1. The largest absolute Gasteiger partial charge is 0.326 e. The first-order valence-electron chi connectivity index (χ1n) is 6.80. The third-order valence-electron chi connectivity index (χ3n) is 5.15. The van der Waals surface area contributed by atoms with Crippen LogP contribution in [0, 0.1) is 29.6 Å². The van der Waals surface area contributed by atoms with E-state index in [9.17, 15) is 4.79 Å². The summed E-state index contributed by atoms with van der Waals surface area (Å²) in [6, 6.07) is 7.84. The number of rotatable bonds is 2. The summed E-state index contributed by atoms with van der Waals surface area (Å²) >= 11 is 3.40. The summed E-state index contributed by atoms with van der Waals surface area (Å²) in [7, 11) is 0. The van der Waals surface area contributed by atoms with E-state index in [1.54, 1.807) is 0 Å². The molecular formula is C15H16BrNO. The second-order valence-electron chi connectivity index (χ2n) is 6.01. The molecule has 0 aromatic heterocycles. The predicted octanol–water partition coefficient (Wildman–Crippen LogP) is 3.68. The van der Waals surface area contributed by atoms with Crippen molar-refractivity contribution in [1.82, 2.24) is 0 Å².